The Morgan fingerprint density at radius 1 is 1.73 bits per heavy atom. The molecule has 0 amide bonds. The maximum Gasteiger partial charge on any atom is 0.206 e. The van der Waals surface area contributed by atoms with E-state index in [2.05, 4.69) is 4.99 Å². The van der Waals surface area contributed by atoms with E-state index in [1.807, 2.05) is 0 Å². The predicted octanol–water partition coefficient (Wildman–Crippen LogP) is -0.318. The molecule has 1 unspecified atom stereocenters. The predicted molar refractivity (Wildman–Crippen MR) is 40.5 cm³/mol. The number of aliphatic hydroxyl groups excluding tert-OH is 1. The van der Waals surface area contributed by atoms with Crippen LogP contribution in [0.3, 0.4) is 0 Å². The van der Waals surface area contributed by atoms with Gasteiger partial charge in [0.1, 0.15) is 11.8 Å². The average molecular weight is 149 g/mol. The smallest absolute Gasteiger partial charge is 0.206 e. The molecule has 3 N–H and O–H groups in total. The monoisotopic (exact) mass is 149 g/mol. The van der Waals surface area contributed by atoms with Gasteiger partial charge >= 0.3 is 0 Å². The van der Waals surface area contributed by atoms with E-state index in [4.69, 9.17) is 11.0 Å². The molecular formula is C7H7N3O. The molecule has 0 radical (unpaired) electrons. The van der Waals surface area contributed by atoms with Crippen LogP contribution in [0.4, 0.5) is 0 Å². The van der Waals surface area contributed by atoms with Crippen LogP contribution in [0.2, 0.25) is 0 Å². The van der Waals surface area contributed by atoms with E-state index in [-0.39, 0.29) is 5.71 Å². The van der Waals surface area contributed by atoms with Gasteiger partial charge in [0, 0.05) is 0 Å². The maximum atomic E-state index is 9.18. The molecule has 0 aromatic rings. The SMILES string of the molecule is N#CN=C1C(N)=CC=CC1O. The number of hydrogen-bond donors (Lipinski definition) is 2. The molecule has 0 saturated heterocycles. The lowest BCUT2D eigenvalue weighted by Gasteiger charge is -2.11. The summed E-state index contributed by atoms with van der Waals surface area (Å²) in [5, 5.41) is 17.4. The zero-order valence-corrected chi connectivity index (χ0v) is 5.73. The summed E-state index contributed by atoms with van der Waals surface area (Å²) in [5.41, 5.74) is 5.98. The fourth-order valence-corrected chi connectivity index (χ4v) is 0.796. The molecule has 0 heterocycles. The standard InChI is InChI=1S/C7H7N3O/c8-4-10-7-5(9)2-1-3-6(7)11/h1-3,6,11H,9H2. The first-order chi connectivity index (χ1) is 5.25. The van der Waals surface area contributed by atoms with Crippen molar-refractivity contribution in [3.63, 3.8) is 0 Å². The highest BCUT2D eigenvalue weighted by atomic mass is 16.3. The normalized spacial score (nSPS) is 26.4. The number of nitriles is 1. The Balaban J connectivity index is 2.98. The molecule has 1 atom stereocenters. The van der Waals surface area contributed by atoms with E-state index in [1.54, 1.807) is 18.3 Å². The Labute approximate surface area is 64.0 Å². The van der Waals surface area contributed by atoms with Crippen molar-refractivity contribution in [2.45, 2.75) is 6.10 Å². The number of allylic oxidation sites excluding steroid dienone is 2. The highest BCUT2D eigenvalue weighted by Gasteiger charge is 2.14. The van der Waals surface area contributed by atoms with E-state index in [1.165, 1.54) is 6.08 Å². The van der Waals surface area contributed by atoms with E-state index in [0.717, 1.165) is 0 Å². The van der Waals surface area contributed by atoms with Crippen LogP contribution in [0.5, 0.6) is 0 Å². The molecule has 1 aliphatic rings. The molecule has 4 heteroatoms. The highest BCUT2D eigenvalue weighted by molar-refractivity contribution is 6.05. The summed E-state index contributed by atoms with van der Waals surface area (Å²) in [6, 6.07) is 0. The first-order valence-electron chi connectivity index (χ1n) is 3.05. The average Bonchev–Trinajstić information content (AvgIpc) is 1.97. The molecule has 0 aromatic heterocycles. The van der Waals surface area contributed by atoms with Crippen molar-refractivity contribution in [1.29, 1.82) is 5.26 Å². The van der Waals surface area contributed by atoms with Crippen LogP contribution in [-0.2, 0) is 0 Å². The molecule has 0 spiro atoms. The Kier molecular flexibility index (Phi) is 2.04. The van der Waals surface area contributed by atoms with Gasteiger partial charge in [0.25, 0.3) is 0 Å². The number of nitrogens with two attached hydrogens (primary N) is 1. The number of hydrogen-bond acceptors (Lipinski definition) is 4. The second-order valence-electron chi connectivity index (χ2n) is 2.05. The lowest BCUT2D eigenvalue weighted by atomic mass is 10.1. The number of rotatable bonds is 0. The van der Waals surface area contributed by atoms with Crippen LogP contribution in [0.15, 0.2) is 28.9 Å². The van der Waals surface area contributed by atoms with Crippen molar-refractivity contribution in [2.75, 3.05) is 0 Å². The fraction of sp³-hybridized carbons (Fsp3) is 0.143. The summed E-state index contributed by atoms with van der Waals surface area (Å²) in [6.07, 6.45) is 5.44. The number of aliphatic hydroxyl groups is 1. The van der Waals surface area contributed by atoms with Crippen LogP contribution in [-0.4, -0.2) is 16.9 Å². The first-order valence-corrected chi connectivity index (χ1v) is 3.05. The van der Waals surface area contributed by atoms with E-state index in [9.17, 15) is 5.11 Å². The van der Waals surface area contributed by atoms with Crippen molar-refractivity contribution in [3.05, 3.63) is 23.9 Å². The van der Waals surface area contributed by atoms with Crippen molar-refractivity contribution in [2.24, 2.45) is 10.7 Å². The van der Waals surface area contributed by atoms with Gasteiger partial charge in [-0.25, -0.2) is 0 Å². The lowest BCUT2D eigenvalue weighted by molar-refractivity contribution is 0.288. The van der Waals surface area contributed by atoms with Crippen molar-refractivity contribution < 1.29 is 5.11 Å². The van der Waals surface area contributed by atoms with Gasteiger partial charge in [-0.15, -0.1) is 0 Å². The van der Waals surface area contributed by atoms with Crippen LogP contribution >= 0.6 is 0 Å². The molecule has 1 aliphatic carbocycles. The Bertz CT molecular complexity index is 283. The first kappa shape index (κ1) is 7.51. The quantitative estimate of drug-likeness (QED) is 0.463. The highest BCUT2D eigenvalue weighted by Crippen LogP contribution is 2.05. The largest absolute Gasteiger partial charge is 0.397 e. The maximum absolute atomic E-state index is 9.18. The Morgan fingerprint density at radius 2 is 2.45 bits per heavy atom. The second kappa shape index (κ2) is 2.99. The summed E-state index contributed by atoms with van der Waals surface area (Å²) in [4.78, 5) is 3.37. The van der Waals surface area contributed by atoms with Crippen molar-refractivity contribution >= 4 is 5.71 Å². The Morgan fingerprint density at radius 3 is 3.00 bits per heavy atom. The third kappa shape index (κ3) is 1.45. The third-order valence-electron chi connectivity index (χ3n) is 1.32. The molecule has 56 valence electrons. The minimum atomic E-state index is -0.848. The summed E-state index contributed by atoms with van der Waals surface area (Å²) < 4.78 is 0. The molecule has 11 heavy (non-hydrogen) atoms. The van der Waals surface area contributed by atoms with Crippen molar-refractivity contribution in [3.8, 4) is 6.19 Å². The van der Waals surface area contributed by atoms with E-state index >= 15 is 0 Å². The van der Waals surface area contributed by atoms with Gasteiger partial charge in [0.15, 0.2) is 0 Å². The van der Waals surface area contributed by atoms with Crippen LogP contribution in [0.1, 0.15) is 0 Å². The van der Waals surface area contributed by atoms with Gasteiger partial charge in [-0.05, 0) is 12.2 Å². The van der Waals surface area contributed by atoms with E-state index < -0.39 is 6.10 Å². The summed E-state index contributed by atoms with van der Waals surface area (Å²) in [6.45, 7) is 0. The van der Waals surface area contributed by atoms with Crippen molar-refractivity contribution in [1.82, 2.24) is 0 Å². The molecule has 0 fully saturated rings. The minimum absolute atomic E-state index is 0.218. The second-order valence-corrected chi connectivity index (χ2v) is 2.05. The third-order valence-corrected chi connectivity index (χ3v) is 1.32. The van der Waals surface area contributed by atoms with E-state index in [0.29, 0.717) is 5.70 Å². The number of nitrogens with zero attached hydrogens (tertiary/aromatic N) is 2. The summed E-state index contributed by atoms with van der Waals surface area (Å²) >= 11 is 0. The lowest BCUT2D eigenvalue weighted by Crippen LogP contribution is -2.26. The molecule has 0 bridgehead atoms. The van der Waals surface area contributed by atoms with Crippen LogP contribution < -0.4 is 5.73 Å². The zero-order chi connectivity index (χ0) is 8.27. The van der Waals surface area contributed by atoms with Crippen LogP contribution in [0.25, 0.3) is 0 Å². The molecule has 1 rings (SSSR count). The number of aliphatic imine (C=N–C) groups is 1. The summed E-state index contributed by atoms with van der Waals surface area (Å²) in [7, 11) is 0. The Hall–Kier alpha value is -1.60. The van der Waals surface area contributed by atoms with Gasteiger partial charge < -0.3 is 10.8 Å². The van der Waals surface area contributed by atoms with Crippen LogP contribution in [0, 0.1) is 11.5 Å². The minimum Gasteiger partial charge on any atom is -0.397 e. The van der Waals surface area contributed by atoms with Gasteiger partial charge in [-0.3, -0.25) is 0 Å². The van der Waals surface area contributed by atoms with Gasteiger partial charge in [0.05, 0.1) is 5.70 Å². The summed E-state index contributed by atoms with van der Waals surface area (Å²) in [5.74, 6) is 0. The fourth-order valence-electron chi connectivity index (χ4n) is 0.796. The molecule has 0 saturated carbocycles. The molecule has 0 aliphatic heterocycles. The van der Waals surface area contributed by atoms with Gasteiger partial charge in [0.2, 0.25) is 6.19 Å². The van der Waals surface area contributed by atoms with Gasteiger partial charge in [-0.2, -0.15) is 10.3 Å². The molecule has 4 nitrogen and oxygen atoms in total. The zero-order valence-electron chi connectivity index (χ0n) is 5.73. The molecule has 0 aromatic carbocycles. The molecular weight excluding hydrogens is 142 g/mol. The topological polar surface area (TPSA) is 82.4 Å². The van der Waals surface area contributed by atoms with Gasteiger partial charge in [-0.1, -0.05) is 6.08 Å².